The number of likely N-dealkylation sites (N-methyl/N-ethyl adjacent to an activating group) is 1. The summed E-state index contributed by atoms with van der Waals surface area (Å²) < 4.78 is 33.2. The van der Waals surface area contributed by atoms with Gasteiger partial charge in [-0.25, -0.2) is 0 Å². The molecular weight excluding hydrogens is 310 g/mol. The van der Waals surface area contributed by atoms with E-state index in [0.29, 0.717) is 11.6 Å². The molecule has 1 aromatic carbocycles. The van der Waals surface area contributed by atoms with E-state index in [0.717, 1.165) is 16.6 Å². The number of halogens is 1. The summed E-state index contributed by atoms with van der Waals surface area (Å²) in [5.74, 6) is 0. The Morgan fingerprint density at radius 2 is 2.26 bits per heavy atom. The van der Waals surface area contributed by atoms with Gasteiger partial charge in [-0.1, -0.05) is 18.5 Å². The predicted octanol–water partition coefficient (Wildman–Crippen LogP) is 3.78. The van der Waals surface area contributed by atoms with Crippen LogP contribution in [-0.2, 0) is 0 Å². The van der Waals surface area contributed by atoms with Gasteiger partial charge in [-0.05, 0) is 57.0 Å². The summed E-state index contributed by atoms with van der Waals surface area (Å²) in [6, 6.07) is 6.87. The smallest absolute Gasteiger partial charge is 0.0737 e. The van der Waals surface area contributed by atoms with E-state index in [1.807, 2.05) is 13.0 Å². The fourth-order valence-electron chi connectivity index (χ4n) is 2.29. The van der Waals surface area contributed by atoms with E-state index in [1.165, 1.54) is 4.90 Å². The van der Waals surface area contributed by atoms with Crippen LogP contribution in [0.5, 0.6) is 0 Å². The van der Waals surface area contributed by atoms with Crippen LogP contribution in [0.3, 0.4) is 0 Å². The normalized spacial score (nSPS) is 16.6. The van der Waals surface area contributed by atoms with Crippen molar-refractivity contribution in [1.29, 1.82) is 0 Å². The van der Waals surface area contributed by atoms with Crippen molar-refractivity contribution in [3.8, 4) is 0 Å². The number of nitrogens with one attached hydrogen (secondary N) is 1. The molecule has 4 nitrogen and oxygen atoms in total. The van der Waals surface area contributed by atoms with Gasteiger partial charge in [-0.3, -0.25) is 4.98 Å². The minimum Gasteiger partial charge on any atom is -0.395 e. The molecule has 0 aliphatic rings. The third kappa shape index (κ3) is 5.34. The van der Waals surface area contributed by atoms with Crippen molar-refractivity contribution in [2.24, 2.45) is 0 Å². The topological polar surface area (TPSA) is 48.4 Å². The summed E-state index contributed by atoms with van der Waals surface area (Å²) in [6.45, 7) is 1.54. The molecule has 0 aliphatic carbocycles. The van der Waals surface area contributed by atoms with Gasteiger partial charge in [0.25, 0.3) is 0 Å². The summed E-state index contributed by atoms with van der Waals surface area (Å²) in [5, 5.41) is 13.9. The van der Waals surface area contributed by atoms with Crippen LogP contribution in [0, 0.1) is 0 Å². The predicted molar refractivity (Wildman–Crippen MR) is 98.3 cm³/mol. The number of rotatable bonds is 9. The van der Waals surface area contributed by atoms with Gasteiger partial charge in [0, 0.05) is 40.4 Å². The first-order valence-corrected chi connectivity index (χ1v) is 8.17. The van der Waals surface area contributed by atoms with Crippen molar-refractivity contribution in [3.05, 3.63) is 35.5 Å². The second-order valence-electron chi connectivity index (χ2n) is 5.36. The van der Waals surface area contributed by atoms with Crippen molar-refractivity contribution >= 4 is 28.2 Å². The maximum atomic E-state index is 9.14. The molecule has 1 heterocycles. The number of aliphatic hydroxyl groups excluding tert-OH is 1. The Bertz CT molecular complexity index is 775. The Kier molecular flexibility index (Phi) is 5.12. The molecule has 0 radical (unpaired) electrons. The Morgan fingerprint density at radius 1 is 1.43 bits per heavy atom. The number of anilines is 1. The fraction of sp³-hybridized carbons (Fsp3) is 0.500. The zero-order valence-corrected chi connectivity index (χ0v) is 14.3. The quantitative estimate of drug-likeness (QED) is 0.730. The monoisotopic (exact) mass is 339 g/mol. The lowest BCUT2D eigenvalue weighted by atomic mass is 10.1. The van der Waals surface area contributed by atoms with E-state index in [2.05, 4.69) is 10.3 Å². The third-order valence-electron chi connectivity index (χ3n) is 3.50. The average Bonchev–Trinajstić information content (AvgIpc) is 2.58. The average molecular weight is 340 g/mol. The van der Waals surface area contributed by atoms with Gasteiger partial charge < -0.3 is 15.3 Å². The molecule has 0 unspecified atom stereocenters. The number of fused-ring (bicyclic) bond motifs is 1. The molecule has 0 aliphatic heterocycles. The van der Waals surface area contributed by atoms with Crippen molar-refractivity contribution in [2.45, 2.75) is 32.7 Å². The van der Waals surface area contributed by atoms with Crippen LogP contribution in [0.25, 0.3) is 10.9 Å². The summed E-state index contributed by atoms with van der Waals surface area (Å²) >= 11 is 6.01. The molecule has 0 saturated carbocycles. The van der Waals surface area contributed by atoms with E-state index in [4.69, 9.17) is 22.2 Å². The van der Waals surface area contributed by atoms with Crippen molar-refractivity contribution in [2.75, 3.05) is 31.5 Å². The van der Waals surface area contributed by atoms with Crippen molar-refractivity contribution < 1.29 is 10.6 Å². The molecule has 1 aromatic heterocycles. The lowest BCUT2D eigenvalue weighted by molar-refractivity contribution is 0.199. The second-order valence-corrected chi connectivity index (χ2v) is 5.80. The summed E-state index contributed by atoms with van der Waals surface area (Å²) in [5.41, 5.74) is 1.53. The largest absolute Gasteiger partial charge is 0.395 e. The van der Waals surface area contributed by atoms with Gasteiger partial charge >= 0.3 is 0 Å². The highest BCUT2D eigenvalue weighted by molar-refractivity contribution is 6.31. The van der Waals surface area contributed by atoms with Gasteiger partial charge in [-0.15, -0.1) is 0 Å². The van der Waals surface area contributed by atoms with Crippen LogP contribution < -0.4 is 5.32 Å². The molecule has 2 aromatic rings. The lowest BCUT2D eigenvalue weighted by Gasteiger charge is -2.21. The minimum atomic E-state index is -2.20. The van der Waals surface area contributed by atoms with Gasteiger partial charge in [-0.2, -0.15) is 0 Å². The van der Waals surface area contributed by atoms with Gasteiger partial charge in [0.15, 0.2) is 0 Å². The van der Waals surface area contributed by atoms with Gasteiger partial charge in [0.2, 0.25) is 0 Å². The summed E-state index contributed by atoms with van der Waals surface area (Å²) in [6.07, 6.45) is -0.502. The van der Waals surface area contributed by atoms with Crippen LogP contribution in [0.4, 0.5) is 5.69 Å². The fourth-order valence-corrected chi connectivity index (χ4v) is 2.45. The van der Waals surface area contributed by atoms with Crippen LogP contribution in [0.2, 0.25) is 5.02 Å². The van der Waals surface area contributed by atoms with Crippen LogP contribution >= 0.6 is 11.6 Å². The highest BCUT2D eigenvalue weighted by Gasteiger charge is 2.08. The molecule has 0 saturated heterocycles. The van der Waals surface area contributed by atoms with Crippen molar-refractivity contribution in [3.63, 3.8) is 0 Å². The van der Waals surface area contributed by atoms with Crippen LogP contribution in [0.1, 0.15) is 32.1 Å². The lowest BCUT2D eigenvalue weighted by Crippen LogP contribution is -2.28. The number of aromatic nitrogens is 1. The molecule has 0 spiro atoms. The minimum absolute atomic E-state index is 0.0423. The second kappa shape index (κ2) is 9.06. The number of pyridine rings is 1. The number of hydrogen-bond acceptors (Lipinski definition) is 4. The molecule has 2 rings (SSSR count). The summed E-state index contributed by atoms with van der Waals surface area (Å²) in [4.78, 5) is 5.61. The number of benzene rings is 1. The van der Waals surface area contributed by atoms with E-state index in [-0.39, 0.29) is 25.6 Å². The first-order chi connectivity index (χ1) is 12.6. The third-order valence-corrected chi connectivity index (χ3v) is 3.74. The molecule has 23 heavy (non-hydrogen) atoms. The molecule has 5 heteroatoms. The zero-order valence-electron chi connectivity index (χ0n) is 17.5. The number of hydrogen-bond donors (Lipinski definition) is 2. The Hall–Kier alpha value is -1.36. The van der Waals surface area contributed by atoms with E-state index in [1.54, 1.807) is 31.3 Å². The Morgan fingerprint density at radius 3 is 3.00 bits per heavy atom. The molecule has 0 fully saturated rings. The molecule has 1 atom stereocenters. The summed E-state index contributed by atoms with van der Waals surface area (Å²) in [7, 11) is 0. The maximum Gasteiger partial charge on any atom is 0.0737 e. The van der Waals surface area contributed by atoms with Gasteiger partial charge in [0.1, 0.15) is 0 Å². The van der Waals surface area contributed by atoms with Gasteiger partial charge in [0.05, 0.1) is 12.1 Å². The molecule has 126 valence electrons. The Balaban J connectivity index is 2.18. The van der Waals surface area contributed by atoms with Crippen molar-refractivity contribution in [1.82, 2.24) is 9.88 Å². The first kappa shape index (κ1) is 13.0. The van der Waals surface area contributed by atoms with Crippen LogP contribution in [-0.4, -0.2) is 47.2 Å². The molecule has 0 amide bonds. The SMILES string of the molecule is [2H]C([2H])(C[C@@H](C)Nc1ccnc2cc(Cl)ccc12)C([2H])([2H])N(CC)CCO. The standard InChI is InChI=1S/C18H26ClN3O/c1-3-22(11-12-23)10-4-5-14(2)21-17-8-9-20-18-13-15(19)6-7-16(17)18/h6-9,13-14,23H,3-5,10-12H2,1-2H3,(H,20,21)/t14-/m1/s1/i4D2,10D2. The Labute approximate surface area is 149 Å². The maximum absolute atomic E-state index is 9.14. The molecule has 0 bridgehead atoms. The first-order valence-electron chi connectivity index (χ1n) is 9.79. The van der Waals surface area contributed by atoms with E-state index >= 15 is 0 Å². The zero-order chi connectivity index (χ0) is 20.2. The molecular formula is C18H26ClN3O. The van der Waals surface area contributed by atoms with E-state index < -0.39 is 12.9 Å². The number of aliphatic hydroxyl groups is 1. The molecule has 2 N–H and O–H groups in total. The highest BCUT2D eigenvalue weighted by Crippen LogP contribution is 2.25. The highest BCUT2D eigenvalue weighted by atomic mass is 35.5. The van der Waals surface area contributed by atoms with E-state index in [9.17, 15) is 0 Å². The number of nitrogens with zero attached hydrogens (tertiary/aromatic N) is 2. The van der Waals surface area contributed by atoms with Crippen LogP contribution in [0.15, 0.2) is 30.5 Å².